The fourth-order valence-electron chi connectivity index (χ4n) is 1.21. The molecule has 1 aromatic heterocycles. The number of aromatic nitrogens is 1. The van der Waals surface area contributed by atoms with Gasteiger partial charge in [0.05, 0.1) is 5.69 Å². The Bertz CT molecular complexity index is 473. The van der Waals surface area contributed by atoms with Gasteiger partial charge in [0.15, 0.2) is 5.75 Å². The first-order chi connectivity index (χ1) is 7.56. The fraction of sp³-hybridized carbons (Fsp3) is 0.273. The van der Waals surface area contributed by atoms with Crippen molar-refractivity contribution in [2.75, 3.05) is 0 Å². The summed E-state index contributed by atoms with van der Waals surface area (Å²) in [6.45, 7) is 3.71. The standard InChI is InChI=1S/C11H15N3O2/c1-8(2)14-7-9(13-5-3-4-12)6-10(15)11(14)16/h3-8,15H,12H2,1-2H3/b4-3-,13-5?. The maximum atomic E-state index is 11.5. The molecule has 0 unspecified atom stereocenters. The average Bonchev–Trinajstić information content (AvgIpc) is 2.23. The number of aliphatic imine (C=N–C) groups is 1. The minimum atomic E-state index is -0.414. The molecular weight excluding hydrogens is 206 g/mol. The average molecular weight is 221 g/mol. The van der Waals surface area contributed by atoms with Gasteiger partial charge in [-0.2, -0.15) is 0 Å². The molecule has 0 aliphatic heterocycles. The molecule has 0 radical (unpaired) electrons. The molecule has 5 nitrogen and oxygen atoms in total. The highest BCUT2D eigenvalue weighted by Gasteiger charge is 2.06. The maximum absolute atomic E-state index is 11.5. The summed E-state index contributed by atoms with van der Waals surface area (Å²) in [6.07, 6.45) is 5.99. The number of aromatic hydroxyl groups is 1. The maximum Gasteiger partial charge on any atom is 0.293 e. The van der Waals surface area contributed by atoms with Crippen LogP contribution < -0.4 is 11.3 Å². The zero-order valence-electron chi connectivity index (χ0n) is 9.29. The third-order valence-electron chi connectivity index (χ3n) is 1.99. The van der Waals surface area contributed by atoms with E-state index in [1.807, 2.05) is 13.8 Å². The summed E-state index contributed by atoms with van der Waals surface area (Å²) in [5.74, 6) is -0.305. The van der Waals surface area contributed by atoms with Crippen molar-refractivity contribution in [3.05, 3.63) is 34.9 Å². The number of allylic oxidation sites excluding steroid dienone is 1. The second-order valence-corrected chi connectivity index (χ2v) is 3.55. The summed E-state index contributed by atoms with van der Waals surface area (Å²) in [6, 6.07) is 1.29. The summed E-state index contributed by atoms with van der Waals surface area (Å²) < 4.78 is 1.42. The van der Waals surface area contributed by atoms with Crippen LogP contribution in [-0.4, -0.2) is 15.9 Å². The largest absolute Gasteiger partial charge is 0.503 e. The molecule has 0 aromatic carbocycles. The van der Waals surface area contributed by atoms with Gasteiger partial charge in [-0.05, 0) is 26.1 Å². The Morgan fingerprint density at radius 3 is 2.81 bits per heavy atom. The van der Waals surface area contributed by atoms with Crippen LogP contribution in [0.1, 0.15) is 19.9 Å². The van der Waals surface area contributed by atoms with E-state index in [0.29, 0.717) is 5.69 Å². The van der Waals surface area contributed by atoms with Gasteiger partial charge in [-0.3, -0.25) is 9.79 Å². The molecule has 0 fully saturated rings. The molecule has 1 rings (SSSR count). The summed E-state index contributed by atoms with van der Waals surface area (Å²) in [5, 5.41) is 9.44. The number of pyridine rings is 1. The van der Waals surface area contributed by atoms with E-state index in [0.717, 1.165) is 0 Å². The first-order valence-electron chi connectivity index (χ1n) is 4.92. The smallest absolute Gasteiger partial charge is 0.293 e. The Hall–Kier alpha value is -2.04. The summed E-state index contributed by atoms with van der Waals surface area (Å²) in [4.78, 5) is 15.5. The predicted molar refractivity (Wildman–Crippen MR) is 64.2 cm³/mol. The van der Waals surface area contributed by atoms with E-state index < -0.39 is 5.56 Å². The minimum absolute atomic E-state index is 0.0291. The Morgan fingerprint density at radius 1 is 1.56 bits per heavy atom. The zero-order chi connectivity index (χ0) is 12.1. The van der Waals surface area contributed by atoms with Crippen molar-refractivity contribution in [1.29, 1.82) is 0 Å². The van der Waals surface area contributed by atoms with Gasteiger partial charge in [-0.1, -0.05) is 0 Å². The number of hydrogen-bond donors (Lipinski definition) is 2. The SMILES string of the molecule is CC(C)n1cc(N=C/C=C\N)cc(O)c1=O. The monoisotopic (exact) mass is 221 g/mol. The number of hydrogen-bond acceptors (Lipinski definition) is 4. The van der Waals surface area contributed by atoms with Crippen LogP contribution >= 0.6 is 0 Å². The molecule has 0 aliphatic carbocycles. The van der Waals surface area contributed by atoms with Crippen molar-refractivity contribution < 1.29 is 5.11 Å². The molecule has 86 valence electrons. The van der Waals surface area contributed by atoms with Crippen LogP contribution in [0.25, 0.3) is 0 Å². The Kier molecular flexibility index (Phi) is 3.88. The molecule has 0 spiro atoms. The first-order valence-corrected chi connectivity index (χ1v) is 4.92. The molecular formula is C11H15N3O2. The zero-order valence-corrected chi connectivity index (χ0v) is 9.29. The van der Waals surface area contributed by atoms with Crippen LogP contribution in [0, 0.1) is 0 Å². The summed E-state index contributed by atoms with van der Waals surface area (Å²) in [7, 11) is 0. The van der Waals surface area contributed by atoms with Crippen LogP contribution in [0.3, 0.4) is 0 Å². The van der Waals surface area contributed by atoms with Gasteiger partial charge in [0.2, 0.25) is 0 Å². The second kappa shape index (κ2) is 5.16. The Morgan fingerprint density at radius 2 is 2.25 bits per heavy atom. The van der Waals surface area contributed by atoms with Gasteiger partial charge < -0.3 is 15.4 Å². The molecule has 0 atom stereocenters. The van der Waals surface area contributed by atoms with Gasteiger partial charge in [0.25, 0.3) is 5.56 Å². The van der Waals surface area contributed by atoms with E-state index >= 15 is 0 Å². The molecule has 3 N–H and O–H groups in total. The van der Waals surface area contributed by atoms with E-state index in [2.05, 4.69) is 4.99 Å². The number of nitrogens with zero attached hydrogens (tertiary/aromatic N) is 2. The molecule has 1 aromatic rings. The number of rotatable bonds is 3. The van der Waals surface area contributed by atoms with Crippen molar-refractivity contribution >= 4 is 11.9 Å². The predicted octanol–water partition coefficient (Wildman–Crippen LogP) is 1.31. The molecule has 0 saturated carbocycles. The van der Waals surface area contributed by atoms with Crippen LogP contribution in [0.4, 0.5) is 5.69 Å². The summed E-state index contributed by atoms with van der Waals surface area (Å²) in [5.41, 5.74) is 5.24. The van der Waals surface area contributed by atoms with Crippen LogP contribution in [0.2, 0.25) is 0 Å². The van der Waals surface area contributed by atoms with Crippen LogP contribution in [0.15, 0.2) is 34.3 Å². The first kappa shape index (κ1) is 12.0. The van der Waals surface area contributed by atoms with Gasteiger partial charge in [0, 0.05) is 24.5 Å². The molecule has 1 heterocycles. The minimum Gasteiger partial charge on any atom is -0.503 e. The van der Waals surface area contributed by atoms with Gasteiger partial charge in [-0.15, -0.1) is 0 Å². The lowest BCUT2D eigenvalue weighted by Crippen LogP contribution is -2.20. The van der Waals surface area contributed by atoms with Crippen molar-refractivity contribution in [2.24, 2.45) is 10.7 Å². The van der Waals surface area contributed by atoms with E-state index in [1.165, 1.54) is 23.0 Å². The quantitative estimate of drug-likeness (QED) is 0.755. The number of nitrogens with two attached hydrogens (primary N) is 1. The fourth-order valence-corrected chi connectivity index (χ4v) is 1.21. The normalized spacial score (nSPS) is 11.9. The Balaban J connectivity index is 3.19. The molecule has 0 saturated heterocycles. The van der Waals surface area contributed by atoms with Gasteiger partial charge in [0.1, 0.15) is 0 Å². The molecule has 0 amide bonds. The highest BCUT2D eigenvalue weighted by molar-refractivity contribution is 5.74. The third-order valence-corrected chi connectivity index (χ3v) is 1.99. The highest BCUT2D eigenvalue weighted by Crippen LogP contribution is 2.16. The van der Waals surface area contributed by atoms with Crippen molar-refractivity contribution in [3.8, 4) is 5.75 Å². The summed E-state index contributed by atoms with van der Waals surface area (Å²) >= 11 is 0. The molecule has 0 bridgehead atoms. The molecule has 0 aliphatic rings. The lowest BCUT2D eigenvalue weighted by atomic mass is 10.3. The van der Waals surface area contributed by atoms with E-state index in [-0.39, 0.29) is 11.8 Å². The van der Waals surface area contributed by atoms with E-state index in [1.54, 1.807) is 12.3 Å². The topological polar surface area (TPSA) is 80.6 Å². The van der Waals surface area contributed by atoms with Crippen molar-refractivity contribution in [2.45, 2.75) is 19.9 Å². The van der Waals surface area contributed by atoms with E-state index in [4.69, 9.17) is 5.73 Å². The Labute approximate surface area is 93.6 Å². The van der Waals surface area contributed by atoms with Crippen LogP contribution in [0.5, 0.6) is 5.75 Å². The highest BCUT2D eigenvalue weighted by atomic mass is 16.3. The van der Waals surface area contributed by atoms with Gasteiger partial charge >= 0.3 is 0 Å². The third kappa shape index (κ3) is 2.73. The molecule has 5 heteroatoms. The molecule has 16 heavy (non-hydrogen) atoms. The van der Waals surface area contributed by atoms with E-state index in [9.17, 15) is 9.90 Å². The lowest BCUT2D eigenvalue weighted by molar-refractivity contribution is 0.449. The van der Waals surface area contributed by atoms with Gasteiger partial charge in [-0.25, -0.2) is 0 Å². The second-order valence-electron chi connectivity index (χ2n) is 3.55. The van der Waals surface area contributed by atoms with Crippen molar-refractivity contribution in [1.82, 2.24) is 4.57 Å². The van der Waals surface area contributed by atoms with Crippen LogP contribution in [-0.2, 0) is 0 Å². The van der Waals surface area contributed by atoms with Crippen molar-refractivity contribution in [3.63, 3.8) is 0 Å². The lowest BCUT2D eigenvalue weighted by Gasteiger charge is -2.10.